The summed E-state index contributed by atoms with van der Waals surface area (Å²) >= 11 is 0. The van der Waals surface area contributed by atoms with Crippen LogP contribution in [0.5, 0.6) is 0 Å². The number of hydrogen-bond donors (Lipinski definition) is 2. The molecule has 2 N–H and O–H groups in total. The zero-order valence-corrected chi connectivity index (χ0v) is 8.74. The highest BCUT2D eigenvalue weighted by Crippen LogP contribution is 2.25. The van der Waals surface area contributed by atoms with Gasteiger partial charge >= 0.3 is 0 Å². The van der Waals surface area contributed by atoms with Crippen LogP contribution in [0.2, 0.25) is 0 Å². The minimum Gasteiger partial charge on any atom is -0.388 e. The van der Waals surface area contributed by atoms with Crippen molar-refractivity contribution in [2.75, 3.05) is 0 Å². The molecule has 0 spiro atoms. The number of hydrogen-bond acceptors (Lipinski definition) is 5. The second-order valence-electron chi connectivity index (χ2n) is 3.97. The van der Waals surface area contributed by atoms with Crippen LogP contribution in [0.1, 0.15) is 13.3 Å². The van der Waals surface area contributed by atoms with Crippen LogP contribution in [0.3, 0.4) is 0 Å². The summed E-state index contributed by atoms with van der Waals surface area (Å²) in [7, 11) is 0. The average molecular weight is 227 g/mol. The Hall–Kier alpha value is -1.24. The van der Waals surface area contributed by atoms with Gasteiger partial charge in [-0.05, 0) is 13.0 Å². The van der Waals surface area contributed by atoms with Crippen LogP contribution in [-0.2, 0) is 14.3 Å². The molecule has 0 saturated carbocycles. The summed E-state index contributed by atoms with van der Waals surface area (Å²) in [5.41, 5.74) is 0. The number of allylic oxidation sites excluding steroid dienone is 1. The van der Waals surface area contributed by atoms with Crippen molar-refractivity contribution >= 4 is 11.7 Å². The van der Waals surface area contributed by atoms with Crippen LogP contribution >= 0.6 is 0 Å². The topological polar surface area (TPSA) is 87.1 Å². The van der Waals surface area contributed by atoms with Gasteiger partial charge in [-0.1, -0.05) is 0 Å². The van der Waals surface area contributed by atoms with Crippen molar-refractivity contribution in [3.8, 4) is 0 Å². The van der Waals surface area contributed by atoms with Gasteiger partial charge in [0.05, 0.1) is 12.5 Å². The van der Waals surface area contributed by atoms with Crippen LogP contribution < -0.4 is 0 Å². The van der Waals surface area contributed by atoms with Crippen molar-refractivity contribution in [1.29, 1.82) is 0 Å². The van der Waals surface area contributed by atoms with Gasteiger partial charge in [0, 0.05) is 6.20 Å². The standard InChI is InChI=1S/C10H13NO5/c1-5-8(14)9(15)10(16-5)11-3-2-6(12)4-7(11)13/h2-3,5,8-10,14-15H,4H2,1H3/t5-,8+,9?,10-/m1/s1. The Balaban J connectivity index is 2.17. The fraction of sp³-hybridized carbons (Fsp3) is 0.600. The zero-order chi connectivity index (χ0) is 11.9. The summed E-state index contributed by atoms with van der Waals surface area (Å²) in [6.07, 6.45) is -1.32. The van der Waals surface area contributed by atoms with Crippen molar-refractivity contribution in [1.82, 2.24) is 4.90 Å². The largest absolute Gasteiger partial charge is 0.388 e. The van der Waals surface area contributed by atoms with E-state index in [0.717, 1.165) is 4.90 Å². The molecule has 2 rings (SSSR count). The van der Waals surface area contributed by atoms with Gasteiger partial charge in [-0.15, -0.1) is 0 Å². The number of nitrogens with zero attached hydrogens (tertiary/aromatic N) is 1. The molecule has 2 heterocycles. The molecule has 1 unspecified atom stereocenters. The van der Waals surface area contributed by atoms with Crippen LogP contribution in [0.25, 0.3) is 0 Å². The summed E-state index contributed by atoms with van der Waals surface area (Å²) in [6.45, 7) is 1.61. The molecule has 6 nitrogen and oxygen atoms in total. The molecule has 1 fully saturated rings. The summed E-state index contributed by atoms with van der Waals surface area (Å²) in [5, 5.41) is 19.2. The lowest BCUT2D eigenvalue weighted by Crippen LogP contribution is -2.46. The SMILES string of the molecule is C[C@H]1O[C@@H](N2C=CC(=O)CC2=O)C(O)[C@H]1O. The maximum Gasteiger partial charge on any atom is 0.236 e. The lowest BCUT2D eigenvalue weighted by Gasteiger charge is -2.28. The van der Waals surface area contributed by atoms with Crippen LogP contribution in [0, 0.1) is 0 Å². The van der Waals surface area contributed by atoms with Crippen molar-refractivity contribution in [3.05, 3.63) is 12.3 Å². The highest BCUT2D eigenvalue weighted by atomic mass is 16.6. The molecule has 1 saturated heterocycles. The van der Waals surface area contributed by atoms with Gasteiger partial charge in [-0.2, -0.15) is 0 Å². The van der Waals surface area contributed by atoms with E-state index in [9.17, 15) is 19.8 Å². The molecule has 1 amide bonds. The third-order valence-corrected chi connectivity index (χ3v) is 2.79. The number of aliphatic hydroxyl groups excluding tert-OH is 2. The molecule has 2 aliphatic heterocycles. The molecule has 0 aromatic carbocycles. The number of ether oxygens (including phenoxy) is 1. The fourth-order valence-electron chi connectivity index (χ4n) is 1.83. The molecule has 4 atom stereocenters. The second-order valence-corrected chi connectivity index (χ2v) is 3.97. The van der Waals surface area contributed by atoms with Crippen molar-refractivity contribution in [2.45, 2.75) is 37.9 Å². The van der Waals surface area contributed by atoms with Gasteiger partial charge in [0.1, 0.15) is 12.2 Å². The van der Waals surface area contributed by atoms with E-state index in [2.05, 4.69) is 0 Å². The third kappa shape index (κ3) is 1.75. The van der Waals surface area contributed by atoms with E-state index >= 15 is 0 Å². The summed E-state index contributed by atoms with van der Waals surface area (Å²) in [5.74, 6) is -0.708. The Morgan fingerprint density at radius 3 is 2.56 bits per heavy atom. The van der Waals surface area contributed by atoms with Gasteiger partial charge in [0.25, 0.3) is 0 Å². The van der Waals surface area contributed by atoms with Crippen LogP contribution in [0.4, 0.5) is 0 Å². The van der Waals surface area contributed by atoms with E-state index in [1.165, 1.54) is 12.3 Å². The van der Waals surface area contributed by atoms with E-state index in [1.54, 1.807) is 6.92 Å². The minimum atomic E-state index is -1.16. The first-order valence-electron chi connectivity index (χ1n) is 5.04. The maximum absolute atomic E-state index is 11.5. The lowest BCUT2D eigenvalue weighted by atomic mass is 10.1. The van der Waals surface area contributed by atoms with Gasteiger partial charge in [-0.25, -0.2) is 0 Å². The van der Waals surface area contributed by atoms with Crippen molar-refractivity contribution in [2.24, 2.45) is 0 Å². The normalized spacial score (nSPS) is 39.6. The highest BCUT2D eigenvalue weighted by Gasteiger charge is 2.45. The Kier molecular flexibility index (Phi) is 2.79. The number of carbonyl (C=O) groups excluding carboxylic acids is 2. The molecular weight excluding hydrogens is 214 g/mol. The van der Waals surface area contributed by atoms with Gasteiger partial charge in [0.2, 0.25) is 5.91 Å². The van der Waals surface area contributed by atoms with Gasteiger partial charge < -0.3 is 14.9 Å². The molecule has 88 valence electrons. The quantitative estimate of drug-likeness (QED) is 0.548. The lowest BCUT2D eigenvalue weighted by molar-refractivity contribution is -0.147. The van der Waals surface area contributed by atoms with Gasteiger partial charge in [0.15, 0.2) is 12.0 Å². The number of aliphatic hydroxyl groups is 2. The molecular formula is C10H13NO5. The first-order chi connectivity index (χ1) is 7.50. The molecule has 0 bridgehead atoms. The Morgan fingerprint density at radius 1 is 1.38 bits per heavy atom. The van der Waals surface area contributed by atoms with Crippen LogP contribution in [0.15, 0.2) is 12.3 Å². The average Bonchev–Trinajstić information content (AvgIpc) is 2.46. The second kappa shape index (κ2) is 3.97. The Morgan fingerprint density at radius 2 is 2.06 bits per heavy atom. The molecule has 0 aliphatic carbocycles. The first kappa shape index (κ1) is 11.3. The molecule has 0 radical (unpaired) electrons. The fourth-order valence-corrected chi connectivity index (χ4v) is 1.83. The number of ketones is 1. The number of amides is 1. The van der Waals surface area contributed by atoms with E-state index in [1.807, 2.05) is 0 Å². The molecule has 0 aromatic rings. The highest BCUT2D eigenvalue weighted by molar-refractivity contribution is 6.06. The summed E-state index contributed by atoms with van der Waals surface area (Å²) < 4.78 is 5.27. The van der Waals surface area contributed by atoms with Crippen molar-refractivity contribution < 1.29 is 24.5 Å². The summed E-state index contributed by atoms with van der Waals surface area (Å²) in [6, 6.07) is 0. The number of carbonyl (C=O) groups is 2. The maximum atomic E-state index is 11.5. The van der Waals surface area contributed by atoms with E-state index in [0.29, 0.717) is 0 Å². The summed E-state index contributed by atoms with van der Waals surface area (Å²) in [4.78, 5) is 23.6. The predicted molar refractivity (Wildman–Crippen MR) is 52.0 cm³/mol. The van der Waals surface area contributed by atoms with E-state index < -0.39 is 30.4 Å². The Labute approximate surface area is 92.1 Å². The van der Waals surface area contributed by atoms with Crippen LogP contribution in [-0.4, -0.2) is 51.3 Å². The molecule has 0 aromatic heterocycles. The monoisotopic (exact) mass is 227 g/mol. The number of rotatable bonds is 1. The van der Waals surface area contributed by atoms with E-state index in [-0.39, 0.29) is 12.2 Å². The van der Waals surface area contributed by atoms with E-state index in [4.69, 9.17) is 4.74 Å². The molecule has 6 heteroatoms. The minimum absolute atomic E-state index is 0.229. The Bertz CT molecular complexity index is 353. The predicted octanol–water partition coefficient (Wildman–Crippen LogP) is -1.23. The first-order valence-corrected chi connectivity index (χ1v) is 5.04. The zero-order valence-electron chi connectivity index (χ0n) is 8.74. The third-order valence-electron chi connectivity index (χ3n) is 2.79. The molecule has 16 heavy (non-hydrogen) atoms. The van der Waals surface area contributed by atoms with Crippen molar-refractivity contribution in [3.63, 3.8) is 0 Å². The van der Waals surface area contributed by atoms with Gasteiger partial charge in [-0.3, -0.25) is 14.5 Å². The molecule has 2 aliphatic rings. The smallest absolute Gasteiger partial charge is 0.236 e.